The van der Waals surface area contributed by atoms with E-state index < -0.39 is 0 Å². The van der Waals surface area contributed by atoms with Gasteiger partial charge in [-0.05, 0) is 56.7 Å². The lowest BCUT2D eigenvalue weighted by molar-refractivity contribution is 0.835. The summed E-state index contributed by atoms with van der Waals surface area (Å²) in [6.07, 6.45) is 5.05. The molecule has 1 rings (SSSR count). The lowest BCUT2D eigenvalue weighted by atomic mass is 9.96. The third-order valence-corrected chi connectivity index (χ3v) is 2.74. The maximum absolute atomic E-state index is 5.37. The van der Waals surface area contributed by atoms with Gasteiger partial charge in [0, 0.05) is 0 Å². The molecular formula is C14H19. The van der Waals surface area contributed by atoms with Gasteiger partial charge in [0.2, 0.25) is 0 Å². The minimum atomic E-state index is 1.01. The summed E-state index contributed by atoms with van der Waals surface area (Å²) in [5.41, 5.74) is 5.67. The van der Waals surface area contributed by atoms with Crippen LogP contribution in [0.1, 0.15) is 35.1 Å². The summed E-state index contributed by atoms with van der Waals surface area (Å²) in [5.74, 6) is 0. The van der Waals surface area contributed by atoms with E-state index in [1.165, 1.54) is 22.3 Å². The second kappa shape index (κ2) is 4.99. The number of hydrogen-bond acceptors (Lipinski definition) is 0. The van der Waals surface area contributed by atoms with E-state index >= 15 is 0 Å². The van der Waals surface area contributed by atoms with E-state index in [0.29, 0.717) is 0 Å². The first-order valence-electron chi connectivity index (χ1n) is 5.25. The van der Waals surface area contributed by atoms with Crippen molar-refractivity contribution in [3.63, 3.8) is 0 Å². The smallest absolute Gasteiger partial charge is 0.0273 e. The molecule has 0 unspecified atom stereocenters. The van der Waals surface area contributed by atoms with Crippen molar-refractivity contribution in [3.8, 4) is 0 Å². The third kappa shape index (κ3) is 2.73. The van der Waals surface area contributed by atoms with Crippen molar-refractivity contribution >= 4 is 0 Å². The lowest BCUT2D eigenvalue weighted by Crippen LogP contribution is -1.94. The van der Waals surface area contributed by atoms with E-state index in [0.717, 1.165) is 19.3 Å². The van der Waals surface area contributed by atoms with Crippen molar-refractivity contribution in [1.29, 1.82) is 0 Å². The van der Waals surface area contributed by atoms with Crippen LogP contribution in [0.2, 0.25) is 0 Å². The van der Waals surface area contributed by atoms with Crippen molar-refractivity contribution < 1.29 is 0 Å². The normalized spacial score (nSPS) is 10.2. The highest BCUT2D eigenvalue weighted by Gasteiger charge is 2.01. The monoisotopic (exact) mass is 187 g/mol. The molecule has 0 heteroatoms. The number of unbranched alkanes of at least 4 members (excludes halogenated alkanes) is 1. The predicted octanol–water partition coefficient (Wildman–Crippen LogP) is 3.92. The van der Waals surface area contributed by atoms with Gasteiger partial charge >= 0.3 is 0 Å². The fourth-order valence-electron chi connectivity index (χ4n) is 1.80. The molecule has 0 nitrogen and oxygen atoms in total. The molecule has 0 aromatic heterocycles. The Labute approximate surface area is 87.7 Å². The van der Waals surface area contributed by atoms with E-state index in [-0.39, 0.29) is 0 Å². The predicted molar refractivity (Wildman–Crippen MR) is 62.5 cm³/mol. The Bertz CT molecular complexity index is 321. The molecule has 0 atom stereocenters. The minimum Gasteiger partial charge on any atom is -0.0845 e. The molecule has 0 heterocycles. The number of benzene rings is 1. The van der Waals surface area contributed by atoms with Crippen LogP contribution in [0.25, 0.3) is 0 Å². The van der Waals surface area contributed by atoms with Crippen LogP contribution in [-0.2, 0) is 6.42 Å². The van der Waals surface area contributed by atoms with Gasteiger partial charge in [-0.1, -0.05) is 30.4 Å². The molecule has 0 aliphatic rings. The summed E-state index contributed by atoms with van der Waals surface area (Å²) in [6, 6.07) is 4.53. The SMILES string of the molecule is [CH]=CCCCc1cc(C)cc(C)c1C. The molecule has 0 spiro atoms. The molecule has 1 radical (unpaired) electrons. The maximum atomic E-state index is 5.37. The van der Waals surface area contributed by atoms with Crippen molar-refractivity contribution in [2.75, 3.05) is 0 Å². The van der Waals surface area contributed by atoms with Crippen LogP contribution >= 0.6 is 0 Å². The third-order valence-electron chi connectivity index (χ3n) is 2.74. The van der Waals surface area contributed by atoms with Crippen LogP contribution in [0.5, 0.6) is 0 Å². The Kier molecular flexibility index (Phi) is 3.94. The molecule has 75 valence electrons. The fraction of sp³-hybridized carbons (Fsp3) is 0.429. The first-order valence-corrected chi connectivity index (χ1v) is 5.25. The zero-order valence-corrected chi connectivity index (χ0v) is 9.43. The Morgan fingerprint density at radius 1 is 1.21 bits per heavy atom. The van der Waals surface area contributed by atoms with E-state index in [1.54, 1.807) is 6.08 Å². The van der Waals surface area contributed by atoms with Crippen molar-refractivity contribution in [2.45, 2.75) is 40.0 Å². The molecule has 1 aromatic carbocycles. The molecular weight excluding hydrogens is 168 g/mol. The maximum Gasteiger partial charge on any atom is -0.0273 e. The molecule has 0 saturated carbocycles. The first kappa shape index (κ1) is 11.0. The Morgan fingerprint density at radius 3 is 2.57 bits per heavy atom. The number of aryl methyl sites for hydroxylation is 3. The molecule has 1 aromatic rings. The molecule has 0 amide bonds. The largest absolute Gasteiger partial charge is 0.0845 e. The van der Waals surface area contributed by atoms with Gasteiger partial charge in [0.1, 0.15) is 0 Å². The van der Waals surface area contributed by atoms with Crippen LogP contribution in [0, 0.1) is 27.4 Å². The number of allylic oxidation sites excluding steroid dienone is 1. The Morgan fingerprint density at radius 2 is 1.93 bits per heavy atom. The van der Waals surface area contributed by atoms with Crippen LogP contribution in [0.3, 0.4) is 0 Å². The topological polar surface area (TPSA) is 0 Å². The zero-order valence-electron chi connectivity index (χ0n) is 9.43. The van der Waals surface area contributed by atoms with E-state index in [9.17, 15) is 0 Å². The molecule has 0 aliphatic carbocycles. The first-order chi connectivity index (χ1) is 6.65. The number of hydrogen-bond donors (Lipinski definition) is 0. The average molecular weight is 187 g/mol. The van der Waals surface area contributed by atoms with Gasteiger partial charge in [-0.25, -0.2) is 0 Å². The van der Waals surface area contributed by atoms with Crippen LogP contribution < -0.4 is 0 Å². The van der Waals surface area contributed by atoms with Crippen LogP contribution in [-0.4, -0.2) is 0 Å². The van der Waals surface area contributed by atoms with Crippen molar-refractivity contribution in [3.05, 3.63) is 47.0 Å². The minimum absolute atomic E-state index is 1.01. The molecule has 0 fully saturated rings. The van der Waals surface area contributed by atoms with Gasteiger partial charge in [0.15, 0.2) is 0 Å². The van der Waals surface area contributed by atoms with Crippen LogP contribution in [0.15, 0.2) is 18.2 Å². The summed E-state index contributed by atoms with van der Waals surface area (Å²) in [4.78, 5) is 0. The van der Waals surface area contributed by atoms with E-state index in [1.807, 2.05) is 0 Å². The van der Waals surface area contributed by atoms with E-state index in [2.05, 4.69) is 32.9 Å². The van der Waals surface area contributed by atoms with Gasteiger partial charge in [-0.2, -0.15) is 0 Å². The second-order valence-electron chi connectivity index (χ2n) is 3.99. The Balaban J connectivity index is 2.79. The highest BCUT2D eigenvalue weighted by Crippen LogP contribution is 2.17. The van der Waals surface area contributed by atoms with Gasteiger partial charge < -0.3 is 0 Å². The zero-order chi connectivity index (χ0) is 10.6. The summed E-state index contributed by atoms with van der Waals surface area (Å²) >= 11 is 0. The summed E-state index contributed by atoms with van der Waals surface area (Å²) in [6.45, 7) is 11.9. The van der Waals surface area contributed by atoms with Gasteiger partial charge in [-0.3, -0.25) is 0 Å². The van der Waals surface area contributed by atoms with Gasteiger partial charge in [0.05, 0.1) is 0 Å². The quantitative estimate of drug-likeness (QED) is 0.627. The summed E-state index contributed by atoms with van der Waals surface area (Å²) in [5, 5.41) is 0. The molecule has 14 heavy (non-hydrogen) atoms. The highest BCUT2D eigenvalue weighted by molar-refractivity contribution is 5.37. The summed E-state index contributed by atoms with van der Waals surface area (Å²) < 4.78 is 0. The summed E-state index contributed by atoms with van der Waals surface area (Å²) in [7, 11) is 0. The average Bonchev–Trinajstić information content (AvgIpc) is 2.13. The van der Waals surface area contributed by atoms with Crippen molar-refractivity contribution in [1.82, 2.24) is 0 Å². The standard InChI is InChI=1S/C14H19/c1-5-6-7-8-14-10-11(2)9-12(3)13(14)4/h1,5,9-10H,6-8H2,2-4H3. The Hall–Kier alpha value is -1.04. The van der Waals surface area contributed by atoms with Crippen molar-refractivity contribution in [2.24, 2.45) is 0 Å². The van der Waals surface area contributed by atoms with Gasteiger partial charge in [-0.15, -0.1) is 0 Å². The molecule has 0 N–H and O–H groups in total. The molecule has 0 bridgehead atoms. The lowest BCUT2D eigenvalue weighted by Gasteiger charge is -2.09. The second-order valence-corrected chi connectivity index (χ2v) is 3.99. The molecule has 0 saturated heterocycles. The van der Waals surface area contributed by atoms with Crippen LogP contribution in [0.4, 0.5) is 0 Å². The fourth-order valence-corrected chi connectivity index (χ4v) is 1.80. The van der Waals surface area contributed by atoms with E-state index in [4.69, 9.17) is 6.58 Å². The highest BCUT2D eigenvalue weighted by atomic mass is 14.1. The molecule has 0 aliphatic heterocycles. The number of rotatable bonds is 4. The van der Waals surface area contributed by atoms with Gasteiger partial charge in [0.25, 0.3) is 0 Å².